The number of carboxylic acids is 1. The standard InChI is InChI=1S/C13H12O5.C11H12O4.C11H12O3.C10H8O4.C8H8O3.C3H5Br.CH2O3.Na/c1-8(14)17-7-9-6-11-10(13(15)16-2)4-3-5-12(11)18-9;1-14-11(13)8-3-2-4-10-9(8)5-7(6-12)15-10;1-3-5-8-9(11(13)14-2)6-4-7-10(8)12;11-5-6-4-8-7(10(12)13)2-1-3-9(8)14-6;1-11-8(10)6-3-2-4-7(9)5-6;1-2-3-4;2-1-4-3;/h3-6H,7H2,1-2H3;2-4,7,12H,5-6H2,1H3;3-4,6-7,12H,1,5H2,2H3;1-4,11H,5H2,(H,12,13);2-5,9H,1H3;2H,1,3H2;1,3H;/q;;;;;;;+1/p-1. The Balaban J connectivity index is 0.000000491. The Morgan fingerprint density at radius 3 is 1.70 bits per heavy atom. The Morgan fingerprint density at radius 1 is 0.691 bits per heavy atom. The third-order valence-corrected chi connectivity index (χ3v) is 10.7. The predicted molar refractivity (Wildman–Crippen MR) is 289 cm³/mol. The Kier molecular flexibility index (Phi) is 33.5. The van der Waals surface area contributed by atoms with Crippen LogP contribution in [0.15, 0.2) is 143 Å². The summed E-state index contributed by atoms with van der Waals surface area (Å²) in [5.41, 5.74) is 4.27. The number of rotatable bonds is 13. The summed E-state index contributed by atoms with van der Waals surface area (Å²) in [6.45, 7) is 7.91. The molecule has 426 valence electrons. The van der Waals surface area contributed by atoms with Crippen LogP contribution in [0.25, 0.3) is 21.9 Å². The van der Waals surface area contributed by atoms with Crippen LogP contribution in [0.3, 0.4) is 0 Å². The second-order valence-corrected chi connectivity index (χ2v) is 16.1. The average molecular weight is 1200 g/mol. The summed E-state index contributed by atoms with van der Waals surface area (Å²) in [4.78, 5) is 77.9. The number of benzene rings is 5. The molecule has 0 spiro atoms. The van der Waals surface area contributed by atoms with Crippen molar-refractivity contribution in [2.75, 3.05) is 40.4 Å². The molecular formula is C57H58BrNaO22. The summed E-state index contributed by atoms with van der Waals surface area (Å²) in [5.74, 6) is -1.40. The minimum absolute atomic E-state index is 0. The number of fused-ring (bicyclic) bond motifs is 3. The van der Waals surface area contributed by atoms with Gasteiger partial charge in [-0.2, -0.15) is 0 Å². The summed E-state index contributed by atoms with van der Waals surface area (Å²) in [7, 11) is 5.28. The van der Waals surface area contributed by atoms with E-state index in [1.165, 1.54) is 59.6 Å². The largest absolute Gasteiger partial charge is 1.00 e. The van der Waals surface area contributed by atoms with E-state index in [4.69, 9.17) is 48.8 Å². The van der Waals surface area contributed by atoms with Gasteiger partial charge in [-0.3, -0.25) is 9.59 Å². The normalized spacial score (nSPS) is 11.0. The maximum absolute atomic E-state index is 11.6. The first-order chi connectivity index (χ1) is 38.4. The number of ether oxygens (including phenoxy) is 6. The molecule has 8 rings (SSSR count). The molecule has 5 N–H and O–H groups in total. The monoisotopic (exact) mass is 1200 g/mol. The Labute approximate surface area is 495 Å². The fourth-order valence-electron chi connectivity index (χ4n) is 6.75. The number of carboxylic acid groups (broad SMARTS) is 1. The fourth-order valence-corrected chi connectivity index (χ4v) is 6.75. The van der Waals surface area contributed by atoms with Crippen LogP contribution < -0.4 is 39.6 Å². The van der Waals surface area contributed by atoms with Crippen molar-refractivity contribution in [2.45, 2.75) is 39.1 Å². The van der Waals surface area contributed by atoms with Gasteiger partial charge in [-0.25, -0.2) is 24.0 Å². The average Bonchev–Trinajstić information content (AvgIpc) is 4.24. The van der Waals surface area contributed by atoms with Crippen molar-refractivity contribution >= 4 is 80.2 Å². The molecule has 0 bridgehead atoms. The van der Waals surface area contributed by atoms with Crippen LogP contribution in [-0.2, 0) is 64.2 Å². The molecule has 1 atom stereocenters. The second-order valence-electron chi connectivity index (χ2n) is 15.5. The number of aliphatic hydroxyl groups is 2. The summed E-state index contributed by atoms with van der Waals surface area (Å²) >= 11 is 3.13. The second kappa shape index (κ2) is 38.3. The van der Waals surface area contributed by atoms with Gasteiger partial charge in [-0.1, -0.05) is 58.4 Å². The first kappa shape index (κ1) is 70.7. The van der Waals surface area contributed by atoms with E-state index in [0.717, 1.165) is 10.9 Å². The molecule has 0 aliphatic carbocycles. The number of phenolic OH excluding ortho intramolecular Hbond substituents is 2. The summed E-state index contributed by atoms with van der Waals surface area (Å²) in [6.07, 6.45) is 4.17. The van der Waals surface area contributed by atoms with Crippen molar-refractivity contribution in [3.8, 4) is 17.2 Å². The molecule has 1 aliphatic rings. The number of carbonyl (C=O) groups is 7. The number of allylic oxidation sites excluding steroid dienone is 2. The minimum atomic E-state index is -0.999. The molecule has 24 heteroatoms. The zero-order chi connectivity index (χ0) is 59.7. The number of esters is 5. The van der Waals surface area contributed by atoms with E-state index in [-0.39, 0.29) is 91.0 Å². The van der Waals surface area contributed by atoms with Crippen molar-refractivity contribution in [3.05, 3.63) is 185 Å². The number of aromatic hydroxyl groups is 2. The smallest absolute Gasteiger partial charge is 0.662 e. The third-order valence-electron chi connectivity index (χ3n) is 10.2. The number of halogens is 1. The van der Waals surface area contributed by atoms with Gasteiger partial charge in [0, 0.05) is 40.6 Å². The summed E-state index contributed by atoms with van der Waals surface area (Å²) in [6, 6.07) is 29.1. The van der Waals surface area contributed by atoms with Gasteiger partial charge in [0.05, 0.1) is 62.9 Å². The molecule has 0 saturated heterocycles. The first-order valence-electron chi connectivity index (χ1n) is 23.2. The van der Waals surface area contributed by atoms with Crippen LogP contribution in [0.1, 0.15) is 81.4 Å². The van der Waals surface area contributed by atoms with E-state index in [0.29, 0.717) is 79.9 Å². The van der Waals surface area contributed by atoms with Gasteiger partial charge in [-0.05, 0) is 85.3 Å². The van der Waals surface area contributed by atoms with E-state index in [1.807, 2.05) is 0 Å². The fraction of sp³-hybridized carbons (Fsp3) is 0.211. The third kappa shape index (κ3) is 22.8. The van der Waals surface area contributed by atoms with Gasteiger partial charge < -0.3 is 72.9 Å². The molecule has 0 saturated carbocycles. The van der Waals surface area contributed by atoms with Crippen LogP contribution in [0, 0.1) is 0 Å². The Bertz CT molecular complexity index is 3170. The molecule has 3 heterocycles. The summed E-state index contributed by atoms with van der Waals surface area (Å²) in [5, 5.41) is 55.6. The van der Waals surface area contributed by atoms with E-state index in [1.54, 1.807) is 97.1 Å². The topological polar surface area (TPSA) is 335 Å². The van der Waals surface area contributed by atoms with Crippen molar-refractivity contribution in [1.29, 1.82) is 0 Å². The van der Waals surface area contributed by atoms with Gasteiger partial charge in [0.25, 0.3) is 6.47 Å². The molecule has 1 aliphatic heterocycles. The SMILES string of the molecule is C=CCBr.C=CCc1c(O)cccc1C(=O)OC.COC(=O)c1cccc(O)c1.COC(=O)c1cccc2c1CC(CO)O2.COC(=O)c1cccc2oc(COC(C)=O)cc12.O=C(O)c1cccc2oc(CO)cc12.O=CO[O-].[Na+]. The zero-order valence-electron chi connectivity index (χ0n) is 44.9. The maximum atomic E-state index is 11.6. The molecule has 7 aromatic rings. The molecule has 0 amide bonds. The number of furan rings is 2. The number of aromatic carboxylic acids is 1. The molecule has 1 unspecified atom stereocenters. The number of hydrogen-bond acceptors (Lipinski definition) is 21. The van der Waals surface area contributed by atoms with Crippen molar-refractivity contribution in [2.24, 2.45) is 0 Å². The first-order valence-corrected chi connectivity index (χ1v) is 24.3. The van der Waals surface area contributed by atoms with E-state index >= 15 is 0 Å². The number of aliphatic hydroxyl groups excluding tert-OH is 2. The molecule has 81 heavy (non-hydrogen) atoms. The van der Waals surface area contributed by atoms with Gasteiger partial charge >= 0.3 is 65.4 Å². The number of phenols is 2. The van der Waals surface area contributed by atoms with Gasteiger partial charge in [0.15, 0.2) is 0 Å². The van der Waals surface area contributed by atoms with Crippen LogP contribution in [0.4, 0.5) is 0 Å². The van der Waals surface area contributed by atoms with E-state index in [2.05, 4.69) is 52.9 Å². The molecule has 22 nitrogen and oxygen atoms in total. The van der Waals surface area contributed by atoms with Gasteiger partial charge in [-0.15, -0.1) is 13.2 Å². The van der Waals surface area contributed by atoms with E-state index < -0.39 is 23.9 Å². The zero-order valence-corrected chi connectivity index (χ0v) is 48.5. The Morgan fingerprint density at radius 2 is 1.19 bits per heavy atom. The molecule has 5 aromatic carbocycles. The Hall–Kier alpha value is -8.29. The molecule has 0 fully saturated rings. The van der Waals surface area contributed by atoms with Crippen LogP contribution in [0.5, 0.6) is 17.2 Å². The van der Waals surface area contributed by atoms with Crippen molar-refractivity contribution < 1.29 is 136 Å². The summed E-state index contributed by atoms with van der Waals surface area (Å²) < 4.78 is 39.3. The minimum Gasteiger partial charge on any atom is -0.662 e. The van der Waals surface area contributed by atoms with E-state index in [9.17, 15) is 33.9 Å². The molecule has 2 aromatic heterocycles. The number of hydrogen-bond donors (Lipinski definition) is 5. The number of carbonyl (C=O) groups excluding carboxylic acids is 6. The van der Waals surface area contributed by atoms with Crippen molar-refractivity contribution in [3.63, 3.8) is 0 Å². The molecule has 0 radical (unpaired) electrons. The van der Waals surface area contributed by atoms with Crippen LogP contribution in [-0.4, -0.2) is 114 Å². The number of methoxy groups -OCH3 is 4. The number of alkyl halides is 1. The quantitative estimate of drug-likeness (QED) is 0.0152. The predicted octanol–water partition coefficient (Wildman–Crippen LogP) is 4.77. The molecular weight excluding hydrogens is 1140 g/mol. The van der Waals surface area contributed by atoms with Crippen LogP contribution >= 0.6 is 15.9 Å². The van der Waals surface area contributed by atoms with Crippen LogP contribution in [0.2, 0.25) is 0 Å². The van der Waals surface area contributed by atoms with Gasteiger partial charge in [0.2, 0.25) is 0 Å². The maximum Gasteiger partial charge on any atom is 1.00 e. The van der Waals surface area contributed by atoms with Crippen molar-refractivity contribution in [1.82, 2.24) is 0 Å². The van der Waals surface area contributed by atoms with Gasteiger partial charge in [0.1, 0.15) is 59.3 Å².